The van der Waals surface area contributed by atoms with Gasteiger partial charge in [-0.15, -0.1) is 0 Å². The molecule has 0 fully saturated rings. The minimum atomic E-state index is -1.92. The first-order valence-electron chi connectivity index (χ1n) is 8.52. The van der Waals surface area contributed by atoms with Crippen molar-refractivity contribution in [2.75, 3.05) is 0 Å². The Kier molecular flexibility index (Phi) is 7.31. The van der Waals surface area contributed by atoms with Gasteiger partial charge in [-0.2, -0.15) is 0 Å². The van der Waals surface area contributed by atoms with Gasteiger partial charge >= 0.3 is 136 Å². The fourth-order valence-corrected chi connectivity index (χ4v) is 10.2. The summed E-state index contributed by atoms with van der Waals surface area (Å²) in [5, 5.41) is 2.25. The topological polar surface area (TPSA) is 0 Å². The van der Waals surface area contributed by atoms with Crippen molar-refractivity contribution < 1.29 is 0 Å². The maximum atomic E-state index is 3.43. The number of unbranched alkanes of at least 4 members (excludes halogenated alkanes) is 6. The van der Waals surface area contributed by atoms with Gasteiger partial charge in [-0.25, -0.2) is 0 Å². The maximum absolute atomic E-state index is 3.43. The second-order valence-corrected chi connectivity index (χ2v) is 24.4. The summed E-state index contributed by atoms with van der Waals surface area (Å²) in [6, 6.07) is 2.44. The Labute approximate surface area is 148 Å². The summed E-state index contributed by atoms with van der Waals surface area (Å²) in [7, 11) is 0. The monoisotopic (exact) mass is 440 g/mol. The van der Waals surface area contributed by atoms with Gasteiger partial charge in [0.25, 0.3) is 0 Å². The van der Waals surface area contributed by atoms with Crippen molar-refractivity contribution in [3.63, 3.8) is 0 Å². The molecule has 2 aromatic rings. The van der Waals surface area contributed by atoms with Crippen LogP contribution >= 0.6 is 22.7 Å². The zero-order valence-electron chi connectivity index (χ0n) is 14.4. The second-order valence-electron chi connectivity index (χ2n) is 7.02. The number of hydrogen-bond acceptors (Lipinski definition) is 2. The molecule has 0 nitrogen and oxygen atoms in total. The summed E-state index contributed by atoms with van der Waals surface area (Å²) in [6.07, 6.45) is 9.15. The third-order valence-electron chi connectivity index (χ3n) is 3.86. The molecule has 0 amide bonds. The van der Waals surface area contributed by atoms with Crippen molar-refractivity contribution in [3.8, 4) is 11.8 Å². The first-order valence-corrected chi connectivity index (χ1v) is 20.2. The van der Waals surface area contributed by atoms with E-state index in [1.807, 2.05) is 22.7 Å². The van der Waals surface area contributed by atoms with Crippen LogP contribution in [0, 0.1) is 11.8 Å². The summed E-state index contributed by atoms with van der Waals surface area (Å²) in [4.78, 5) is 7.48. The molecule has 0 radical (unpaired) electrons. The van der Waals surface area contributed by atoms with E-state index >= 15 is 0 Å². The van der Waals surface area contributed by atoms with E-state index < -0.39 is 18.4 Å². The normalized spacial score (nSPS) is 11.6. The first kappa shape index (κ1) is 18.4. The molecule has 0 aliphatic carbocycles. The molecule has 2 rings (SSSR count). The van der Waals surface area contributed by atoms with E-state index in [9.17, 15) is 0 Å². The van der Waals surface area contributed by atoms with Gasteiger partial charge in [-0.05, 0) is 0 Å². The fourth-order valence-electron chi connectivity index (χ4n) is 2.43. The molecule has 0 aliphatic rings. The molecular formula is C19H28S2Sn. The molecule has 0 spiro atoms. The standard InChI is InChI=1S/C16H19S2.3CH3.Sn/c1-2-3-4-5-6-7-8-9-10-14-13-18-15-11-12-17-16(14)15;;;;/h11,13H,2-8H2,1H3;3*1H3;. The van der Waals surface area contributed by atoms with Crippen molar-refractivity contribution >= 4 is 53.3 Å². The molecule has 0 bridgehead atoms. The van der Waals surface area contributed by atoms with Crippen LogP contribution in [0.4, 0.5) is 0 Å². The van der Waals surface area contributed by atoms with Gasteiger partial charge in [0.05, 0.1) is 0 Å². The van der Waals surface area contributed by atoms with E-state index in [0.29, 0.717) is 0 Å². The Morgan fingerprint density at radius 2 is 1.77 bits per heavy atom. The number of rotatable bonds is 7. The molecule has 3 heteroatoms. The van der Waals surface area contributed by atoms with Crippen LogP contribution in [0.5, 0.6) is 0 Å². The Bertz CT molecular complexity index is 646. The molecule has 2 aromatic heterocycles. The van der Waals surface area contributed by atoms with Crippen molar-refractivity contribution in [2.45, 2.75) is 66.7 Å². The average molecular weight is 439 g/mol. The van der Waals surface area contributed by atoms with E-state index in [1.165, 1.54) is 53.5 Å². The van der Waals surface area contributed by atoms with Crippen molar-refractivity contribution in [2.24, 2.45) is 0 Å². The van der Waals surface area contributed by atoms with Gasteiger partial charge < -0.3 is 0 Å². The van der Waals surface area contributed by atoms with Crippen LogP contribution in [-0.4, -0.2) is 18.4 Å². The summed E-state index contributed by atoms with van der Waals surface area (Å²) in [5.41, 5.74) is 1.28. The third-order valence-corrected chi connectivity index (χ3v) is 15.5. The zero-order valence-corrected chi connectivity index (χ0v) is 18.9. The summed E-state index contributed by atoms with van der Waals surface area (Å²) < 4.78 is 4.58. The van der Waals surface area contributed by atoms with E-state index in [1.54, 1.807) is 2.89 Å². The number of thiophene rings is 2. The van der Waals surface area contributed by atoms with Gasteiger partial charge in [0.15, 0.2) is 0 Å². The minimum absolute atomic E-state index is 1.06. The van der Waals surface area contributed by atoms with Crippen molar-refractivity contribution in [1.29, 1.82) is 0 Å². The fraction of sp³-hybridized carbons (Fsp3) is 0.579. The van der Waals surface area contributed by atoms with Gasteiger partial charge in [0.1, 0.15) is 0 Å². The van der Waals surface area contributed by atoms with Crippen LogP contribution < -0.4 is 2.89 Å². The predicted octanol–water partition coefficient (Wildman–Crippen LogP) is 6.61. The summed E-state index contributed by atoms with van der Waals surface area (Å²) >= 11 is 1.97. The second kappa shape index (κ2) is 8.75. The van der Waals surface area contributed by atoms with Gasteiger partial charge in [-0.3, -0.25) is 0 Å². The quantitative estimate of drug-likeness (QED) is 0.259. The van der Waals surface area contributed by atoms with Crippen LogP contribution in [0.3, 0.4) is 0 Å². The van der Waals surface area contributed by atoms with Crippen molar-refractivity contribution in [1.82, 2.24) is 0 Å². The van der Waals surface area contributed by atoms with Gasteiger partial charge in [-0.1, -0.05) is 13.3 Å². The molecule has 0 aromatic carbocycles. The summed E-state index contributed by atoms with van der Waals surface area (Å²) in [5.74, 6) is 6.83. The first-order chi connectivity index (χ1) is 10.5. The molecule has 2 heterocycles. The van der Waals surface area contributed by atoms with Crippen LogP contribution in [0.2, 0.25) is 14.8 Å². The zero-order chi connectivity index (χ0) is 16.0. The Balaban J connectivity index is 1.90. The number of fused-ring (bicyclic) bond motifs is 1. The molecule has 0 saturated carbocycles. The van der Waals surface area contributed by atoms with Gasteiger partial charge in [0.2, 0.25) is 0 Å². The van der Waals surface area contributed by atoms with E-state index in [-0.39, 0.29) is 0 Å². The third kappa shape index (κ3) is 5.28. The molecule has 0 atom stereocenters. The molecule has 0 N–H and O–H groups in total. The average Bonchev–Trinajstić information content (AvgIpc) is 3.02. The van der Waals surface area contributed by atoms with Crippen LogP contribution in [-0.2, 0) is 0 Å². The van der Waals surface area contributed by atoms with Crippen LogP contribution in [0.15, 0.2) is 11.4 Å². The number of hydrogen-bond donors (Lipinski definition) is 0. The van der Waals surface area contributed by atoms with Gasteiger partial charge in [0, 0.05) is 0 Å². The molecule has 0 aliphatic heterocycles. The molecule has 22 heavy (non-hydrogen) atoms. The Morgan fingerprint density at radius 3 is 2.50 bits per heavy atom. The predicted molar refractivity (Wildman–Crippen MR) is 108 cm³/mol. The van der Waals surface area contributed by atoms with Crippen LogP contribution in [0.25, 0.3) is 9.40 Å². The Morgan fingerprint density at radius 1 is 1.05 bits per heavy atom. The summed E-state index contributed by atoms with van der Waals surface area (Å²) in [6.45, 7) is 2.27. The van der Waals surface area contributed by atoms with E-state index in [2.05, 4.69) is 45.0 Å². The van der Waals surface area contributed by atoms with Crippen molar-refractivity contribution in [3.05, 3.63) is 17.0 Å². The SMILES string of the molecule is CCCCCCCCC#Cc1csc2c[c]([Sn]([CH3])([CH3])[CH3])sc12. The molecule has 0 saturated heterocycles. The molecule has 0 unspecified atom stereocenters. The Hall–Kier alpha value is 0.0187. The molecular weight excluding hydrogens is 411 g/mol. The van der Waals surface area contributed by atoms with E-state index in [4.69, 9.17) is 0 Å². The van der Waals surface area contributed by atoms with Crippen LogP contribution in [0.1, 0.15) is 57.4 Å². The molecule has 120 valence electrons. The van der Waals surface area contributed by atoms with E-state index in [0.717, 1.165) is 6.42 Å².